The average Bonchev–Trinajstić information content (AvgIpc) is 3.07. The van der Waals surface area contributed by atoms with Crippen LogP contribution in [-0.2, 0) is 22.2 Å². The van der Waals surface area contributed by atoms with Gasteiger partial charge in [0.2, 0.25) is 5.91 Å². The fourth-order valence-electron chi connectivity index (χ4n) is 3.26. The third kappa shape index (κ3) is 4.08. The minimum Gasteiger partial charge on any atom is -0.367 e. The first-order chi connectivity index (χ1) is 12.0. The highest BCUT2D eigenvalue weighted by Gasteiger charge is 2.36. The van der Waals surface area contributed by atoms with Gasteiger partial charge in [-0.25, -0.2) is 0 Å². The topological polar surface area (TPSA) is 73.4 Å². The van der Waals surface area contributed by atoms with E-state index in [1.165, 1.54) is 0 Å². The first kappa shape index (κ1) is 17.6. The van der Waals surface area contributed by atoms with Gasteiger partial charge in [0.1, 0.15) is 5.60 Å². The molecule has 0 spiro atoms. The van der Waals surface area contributed by atoms with Crippen LogP contribution in [0.15, 0.2) is 42.7 Å². The lowest BCUT2D eigenvalue weighted by molar-refractivity contribution is -0.149. The van der Waals surface area contributed by atoms with Gasteiger partial charge in [-0.05, 0) is 18.9 Å². The lowest BCUT2D eigenvalue weighted by Crippen LogP contribution is -2.50. The highest BCUT2D eigenvalue weighted by atomic mass is 16.5. The van der Waals surface area contributed by atoms with Crippen molar-refractivity contribution in [3.8, 4) is 0 Å². The molecule has 1 fully saturated rings. The molecular weight excluding hydrogens is 316 g/mol. The Morgan fingerprint density at radius 2 is 2.16 bits per heavy atom. The van der Waals surface area contributed by atoms with Crippen molar-refractivity contribution in [1.29, 1.82) is 0 Å². The maximum atomic E-state index is 12.7. The monoisotopic (exact) mass is 342 g/mol. The van der Waals surface area contributed by atoms with Crippen molar-refractivity contribution < 1.29 is 9.53 Å². The number of aromatic nitrogens is 2. The minimum atomic E-state index is -0.510. The highest BCUT2D eigenvalue weighted by Crippen LogP contribution is 2.29. The summed E-state index contributed by atoms with van der Waals surface area (Å²) in [6, 6.07) is 9.80. The number of carbonyl (C=O) groups excluding carboxylic acids is 1. The van der Waals surface area contributed by atoms with Gasteiger partial charge in [-0.15, -0.1) is 0 Å². The molecule has 0 unspecified atom stereocenters. The third-order valence-corrected chi connectivity index (χ3v) is 4.84. The predicted octanol–water partition coefficient (Wildman–Crippen LogP) is 1.97. The SMILES string of the molecule is Cn1cc([C@]2(C)CN(C(=O)CC[C@H](N)c3ccccc3)CCO2)cn1. The molecule has 0 bridgehead atoms. The molecule has 1 saturated heterocycles. The van der Waals surface area contributed by atoms with Gasteiger partial charge in [-0.2, -0.15) is 5.10 Å². The smallest absolute Gasteiger partial charge is 0.222 e. The van der Waals surface area contributed by atoms with Gasteiger partial charge in [-0.1, -0.05) is 30.3 Å². The van der Waals surface area contributed by atoms with Crippen LogP contribution in [-0.4, -0.2) is 40.3 Å². The Kier molecular flexibility index (Phi) is 5.20. The summed E-state index contributed by atoms with van der Waals surface area (Å²) in [7, 11) is 1.88. The number of morpholine rings is 1. The Labute approximate surface area is 148 Å². The van der Waals surface area contributed by atoms with E-state index in [1.54, 1.807) is 10.9 Å². The molecule has 25 heavy (non-hydrogen) atoms. The minimum absolute atomic E-state index is 0.115. The van der Waals surface area contributed by atoms with Gasteiger partial charge in [0.25, 0.3) is 0 Å². The maximum absolute atomic E-state index is 12.7. The second-order valence-electron chi connectivity index (χ2n) is 6.85. The zero-order chi connectivity index (χ0) is 17.9. The first-order valence-electron chi connectivity index (χ1n) is 8.69. The molecule has 0 aliphatic carbocycles. The number of amides is 1. The summed E-state index contributed by atoms with van der Waals surface area (Å²) >= 11 is 0. The third-order valence-electron chi connectivity index (χ3n) is 4.84. The Hall–Kier alpha value is -2.18. The van der Waals surface area contributed by atoms with E-state index in [9.17, 15) is 4.79 Å². The molecule has 6 heteroatoms. The van der Waals surface area contributed by atoms with Crippen LogP contribution in [0.2, 0.25) is 0 Å². The molecule has 1 aliphatic rings. The number of rotatable bonds is 5. The van der Waals surface area contributed by atoms with E-state index in [4.69, 9.17) is 10.5 Å². The maximum Gasteiger partial charge on any atom is 0.222 e. The molecule has 2 N–H and O–H groups in total. The summed E-state index contributed by atoms with van der Waals surface area (Å²) < 4.78 is 7.72. The van der Waals surface area contributed by atoms with Crippen LogP contribution in [0.4, 0.5) is 0 Å². The predicted molar refractivity (Wildman–Crippen MR) is 95.7 cm³/mol. The summed E-state index contributed by atoms with van der Waals surface area (Å²) in [4.78, 5) is 14.5. The van der Waals surface area contributed by atoms with E-state index in [1.807, 2.05) is 55.4 Å². The molecule has 1 aliphatic heterocycles. The van der Waals surface area contributed by atoms with Crippen LogP contribution in [0.25, 0.3) is 0 Å². The number of hydrogen-bond acceptors (Lipinski definition) is 4. The molecule has 0 saturated carbocycles. The fourth-order valence-corrected chi connectivity index (χ4v) is 3.26. The molecule has 0 radical (unpaired) electrons. The van der Waals surface area contributed by atoms with E-state index in [0.29, 0.717) is 32.5 Å². The van der Waals surface area contributed by atoms with Gasteiger partial charge >= 0.3 is 0 Å². The van der Waals surface area contributed by atoms with Crippen molar-refractivity contribution in [3.63, 3.8) is 0 Å². The molecule has 134 valence electrons. The van der Waals surface area contributed by atoms with Crippen molar-refractivity contribution in [3.05, 3.63) is 53.9 Å². The second kappa shape index (κ2) is 7.37. The number of ether oxygens (including phenoxy) is 1. The van der Waals surface area contributed by atoms with E-state index in [0.717, 1.165) is 11.1 Å². The molecule has 1 aromatic heterocycles. The van der Waals surface area contributed by atoms with Gasteiger partial charge < -0.3 is 15.4 Å². The summed E-state index contributed by atoms with van der Waals surface area (Å²) in [6.07, 6.45) is 4.83. The molecule has 2 heterocycles. The lowest BCUT2D eigenvalue weighted by atomic mass is 9.96. The average molecular weight is 342 g/mol. The highest BCUT2D eigenvalue weighted by molar-refractivity contribution is 5.76. The zero-order valence-electron chi connectivity index (χ0n) is 14.9. The van der Waals surface area contributed by atoms with Crippen molar-refractivity contribution >= 4 is 5.91 Å². The molecule has 1 aromatic carbocycles. The number of nitrogens with zero attached hydrogens (tertiary/aromatic N) is 3. The lowest BCUT2D eigenvalue weighted by Gasteiger charge is -2.40. The Bertz CT molecular complexity index is 715. The Morgan fingerprint density at radius 1 is 1.40 bits per heavy atom. The summed E-state index contributed by atoms with van der Waals surface area (Å²) in [5.74, 6) is 0.129. The van der Waals surface area contributed by atoms with E-state index >= 15 is 0 Å². The van der Waals surface area contributed by atoms with Crippen molar-refractivity contribution in [2.45, 2.75) is 31.4 Å². The van der Waals surface area contributed by atoms with Gasteiger partial charge in [-0.3, -0.25) is 9.48 Å². The van der Waals surface area contributed by atoms with Crippen LogP contribution in [0.5, 0.6) is 0 Å². The van der Waals surface area contributed by atoms with Crippen molar-refractivity contribution in [2.75, 3.05) is 19.7 Å². The Morgan fingerprint density at radius 3 is 2.84 bits per heavy atom. The van der Waals surface area contributed by atoms with Crippen LogP contribution in [0.1, 0.15) is 36.9 Å². The molecule has 1 amide bonds. The summed E-state index contributed by atoms with van der Waals surface area (Å²) in [5, 5.41) is 4.22. The molecule has 6 nitrogen and oxygen atoms in total. The van der Waals surface area contributed by atoms with Crippen LogP contribution >= 0.6 is 0 Å². The zero-order valence-corrected chi connectivity index (χ0v) is 14.9. The second-order valence-corrected chi connectivity index (χ2v) is 6.85. The quantitative estimate of drug-likeness (QED) is 0.902. The number of benzene rings is 1. The normalized spacial score (nSPS) is 22.0. The number of hydrogen-bond donors (Lipinski definition) is 1. The van der Waals surface area contributed by atoms with Gasteiger partial charge in [0.15, 0.2) is 0 Å². The molecule has 3 rings (SSSR count). The standard InChI is InChI=1S/C19H26N4O2/c1-19(16-12-21-22(2)13-16)14-23(10-11-25-19)18(24)9-8-17(20)15-6-4-3-5-7-15/h3-7,12-13,17H,8-11,14,20H2,1-2H3/t17-,19-/m0/s1. The largest absolute Gasteiger partial charge is 0.367 e. The summed E-state index contributed by atoms with van der Waals surface area (Å²) in [5.41, 5.74) is 7.76. The van der Waals surface area contributed by atoms with Gasteiger partial charge in [0, 0.05) is 37.8 Å². The number of nitrogens with two attached hydrogens (primary N) is 1. The fraction of sp³-hybridized carbons (Fsp3) is 0.474. The van der Waals surface area contributed by atoms with Gasteiger partial charge in [0.05, 0.1) is 19.3 Å². The van der Waals surface area contributed by atoms with E-state index < -0.39 is 5.60 Å². The van der Waals surface area contributed by atoms with E-state index in [-0.39, 0.29) is 11.9 Å². The molecule has 2 aromatic rings. The molecule has 2 atom stereocenters. The number of carbonyl (C=O) groups is 1. The van der Waals surface area contributed by atoms with Crippen LogP contribution in [0.3, 0.4) is 0 Å². The number of aryl methyl sites for hydroxylation is 1. The van der Waals surface area contributed by atoms with Crippen molar-refractivity contribution in [2.24, 2.45) is 12.8 Å². The van der Waals surface area contributed by atoms with Crippen LogP contribution < -0.4 is 5.73 Å². The molecular formula is C19H26N4O2. The van der Waals surface area contributed by atoms with Crippen molar-refractivity contribution in [1.82, 2.24) is 14.7 Å². The van der Waals surface area contributed by atoms with E-state index in [2.05, 4.69) is 5.10 Å². The summed E-state index contributed by atoms with van der Waals surface area (Å²) in [6.45, 7) is 3.70. The Balaban J connectivity index is 1.58. The first-order valence-corrected chi connectivity index (χ1v) is 8.69. The van der Waals surface area contributed by atoms with Crippen LogP contribution in [0, 0.1) is 0 Å².